The molecular weight excluding hydrogens is 340 g/mol. The second-order valence-corrected chi connectivity index (χ2v) is 7.08. The van der Waals surface area contributed by atoms with Gasteiger partial charge in [-0.15, -0.1) is 0 Å². The van der Waals surface area contributed by atoms with Gasteiger partial charge >= 0.3 is 5.97 Å². The zero-order valence-corrected chi connectivity index (χ0v) is 14.9. The van der Waals surface area contributed by atoms with E-state index in [0.717, 1.165) is 0 Å². The van der Waals surface area contributed by atoms with E-state index in [4.69, 9.17) is 9.47 Å². The molecule has 8 nitrogen and oxygen atoms in total. The van der Waals surface area contributed by atoms with E-state index in [1.54, 1.807) is 19.9 Å². The molecule has 1 heterocycles. The van der Waals surface area contributed by atoms with Crippen molar-refractivity contribution in [1.82, 2.24) is 5.32 Å². The zero-order chi connectivity index (χ0) is 19.1. The Bertz CT molecular complexity index is 775. The lowest BCUT2D eigenvalue weighted by molar-refractivity contribution is -0.190. The van der Waals surface area contributed by atoms with Gasteiger partial charge in [0, 0.05) is 24.0 Å². The molecule has 1 aromatic rings. The summed E-state index contributed by atoms with van der Waals surface area (Å²) >= 11 is 0. The van der Waals surface area contributed by atoms with Crippen LogP contribution in [0.1, 0.15) is 37.6 Å². The van der Waals surface area contributed by atoms with Gasteiger partial charge in [-0.1, -0.05) is 13.8 Å². The van der Waals surface area contributed by atoms with Crippen molar-refractivity contribution in [3.63, 3.8) is 0 Å². The largest absolute Gasteiger partial charge is 0.482 e. The molecular formula is C18H22N2O6. The van der Waals surface area contributed by atoms with Crippen LogP contribution in [0.15, 0.2) is 18.2 Å². The summed E-state index contributed by atoms with van der Waals surface area (Å²) < 4.78 is 10.9. The van der Waals surface area contributed by atoms with Gasteiger partial charge in [-0.05, 0) is 25.1 Å². The van der Waals surface area contributed by atoms with Crippen molar-refractivity contribution in [2.24, 2.45) is 5.41 Å². The van der Waals surface area contributed by atoms with E-state index in [0.29, 0.717) is 18.0 Å². The molecule has 3 rings (SSSR count). The number of aliphatic carboxylic acids is 1. The Morgan fingerprint density at radius 1 is 1.42 bits per heavy atom. The number of ether oxygens (including phenoxy) is 2. The van der Waals surface area contributed by atoms with Gasteiger partial charge in [0.05, 0.1) is 11.8 Å². The summed E-state index contributed by atoms with van der Waals surface area (Å²) in [4.78, 5) is 36.1. The first-order valence-corrected chi connectivity index (χ1v) is 8.45. The van der Waals surface area contributed by atoms with Crippen molar-refractivity contribution in [3.8, 4) is 5.75 Å². The number of carbonyl (C=O) groups excluding carboxylic acids is 2. The van der Waals surface area contributed by atoms with Crippen molar-refractivity contribution < 1.29 is 29.0 Å². The minimum Gasteiger partial charge on any atom is -0.482 e. The Kier molecular flexibility index (Phi) is 4.39. The van der Waals surface area contributed by atoms with Gasteiger partial charge < -0.3 is 25.2 Å². The van der Waals surface area contributed by atoms with Crippen LogP contribution in [0, 0.1) is 5.41 Å². The van der Waals surface area contributed by atoms with Crippen molar-refractivity contribution in [3.05, 3.63) is 23.8 Å². The number of carbonyl (C=O) groups is 3. The van der Waals surface area contributed by atoms with E-state index >= 15 is 0 Å². The number of nitrogens with one attached hydrogen (secondary N) is 2. The number of carboxylic acid groups (broad SMARTS) is 1. The van der Waals surface area contributed by atoms with Gasteiger partial charge in [0.1, 0.15) is 11.3 Å². The summed E-state index contributed by atoms with van der Waals surface area (Å²) in [6, 6.07) is 4.59. The maximum atomic E-state index is 12.7. The molecule has 0 saturated heterocycles. The second-order valence-electron chi connectivity index (χ2n) is 7.08. The highest BCUT2D eigenvalue weighted by molar-refractivity contribution is 6.02. The zero-order valence-electron chi connectivity index (χ0n) is 14.9. The summed E-state index contributed by atoms with van der Waals surface area (Å²) in [5.41, 5.74) is -1.56. The molecule has 1 aromatic carbocycles. The monoisotopic (exact) mass is 362 g/mol. The van der Waals surface area contributed by atoms with Gasteiger partial charge in [-0.3, -0.25) is 9.59 Å². The van der Waals surface area contributed by atoms with Gasteiger partial charge in [0.2, 0.25) is 0 Å². The van der Waals surface area contributed by atoms with Crippen LogP contribution in [0.2, 0.25) is 0 Å². The van der Waals surface area contributed by atoms with Gasteiger partial charge in [-0.2, -0.15) is 0 Å². The first-order valence-electron chi connectivity index (χ1n) is 8.45. The Morgan fingerprint density at radius 3 is 2.77 bits per heavy atom. The highest BCUT2D eigenvalue weighted by atomic mass is 16.5. The van der Waals surface area contributed by atoms with E-state index in [1.807, 2.05) is 6.92 Å². The molecule has 2 aliphatic rings. The van der Waals surface area contributed by atoms with E-state index < -0.39 is 22.8 Å². The van der Waals surface area contributed by atoms with Crippen LogP contribution in [0.25, 0.3) is 0 Å². The maximum Gasteiger partial charge on any atom is 0.330 e. The molecule has 2 amide bonds. The van der Waals surface area contributed by atoms with E-state index in [2.05, 4.69) is 10.6 Å². The second kappa shape index (κ2) is 6.28. The molecule has 0 radical (unpaired) electrons. The van der Waals surface area contributed by atoms with Crippen molar-refractivity contribution >= 4 is 23.5 Å². The molecule has 8 heteroatoms. The summed E-state index contributed by atoms with van der Waals surface area (Å²) in [5, 5.41) is 15.1. The Balaban J connectivity index is 1.83. The summed E-state index contributed by atoms with van der Waals surface area (Å²) in [6.07, 6.45) is -0.0557. The highest BCUT2D eigenvalue weighted by Crippen LogP contribution is 2.51. The first kappa shape index (κ1) is 18.2. The highest BCUT2D eigenvalue weighted by Gasteiger charge is 2.66. The fraction of sp³-hybridized carbons (Fsp3) is 0.500. The maximum absolute atomic E-state index is 12.7. The summed E-state index contributed by atoms with van der Waals surface area (Å²) in [6.45, 7) is 5.78. The van der Waals surface area contributed by atoms with Crippen LogP contribution in [0.3, 0.4) is 0 Å². The standard InChI is InChI=1S/C18H22N2O6/c1-4-25-13-8-18(16(23)24,17(13,2)3)20-15(22)10-5-6-12-11(7-10)19-14(21)9-26-12/h5-7,13H,4,8-9H2,1-3H3,(H,19,21)(H,20,22)(H,23,24). The van der Waals surface area contributed by atoms with Gasteiger partial charge in [0.15, 0.2) is 6.61 Å². The van der Waals surface area contributed by atoms with Crippen LogP contribution in [-0.2, 0) is 14.3 Å². The summed E-state index contributed by atoms with van der Waals surface area (Å²) in [5.74, 6) is -1.47. The van der Waals surface area contributed by atoms with E-state index in [9.17, 15) is 19.5 Å². The average molecular weight is 362 g/mol. The van der Waals surface area contributed by atoms with Gasteiger partial charge in [-0.25, -0.2) is 4.79 Å². The molecule has 0 bridgehead atoms. The van der Waals surface area contributed by atoms with Crippen LogP contribution < -0.4 is 15.4 Å². The smallest absolute Gasteiger partial charge is 0.330 e. The SMILES string of the molecule is CCOC1CC(NC(=O)c2ccc3c(c2)NC(=O)CO3)(C(=O)O)C1(C)C. The average Bonchev–Trinajstić information content (AvgIpc) is 2.59. The molecule has 26 heavy (non-hydrogen) atoms. The van der Waals surface area contributed by atoms with Crippen LogP contribution >= 0.6 is 0 Å². The molecule has 0 spiro atoms. The predicted octanol–water partition coefficient (Wildman–Crippen LogP) is 1.41. The topological polar surface area (TPSA) is 114 Å². The lowest BCUT2D eigenvalue weighted by Crippen LogP contribution is -2.76. The van der Waals surface area contributed by atoms with Crippen LogP contribution in [0.5, 0.6) is 5.75 Å². The molecule has 1 aliphatic heterocycles. The molecule has 0 aromatic heterocycles. The third kappa shape index (κ3) is 2.70. The molecule has 1 fully saturated rings. The van der Waals surface area contributed by atoms with E-state index in [1.165, 1.54) is 12.1 Å². The lowest BCUT2D eigenvalue weighted by atomic mass is 9.54. The predicted molar refractivity (Wildman–Crippen MR) is 92.2 cm³/mol. The quantitative estimate of drug-likeness (QED) is 0.730. The van der Waals surface area contributed by atoms with Crippen molar-refractivity contribution in [2.45, 2.75) is 38.8 Å². The molecule has 2 atom stereocenters. The number of fused-ring (bicyclic) bond motifs is 1. The number of hydrogen-bond acceptors (Lipinski definition) is 5. The third-order valence-corrected chi connectivity index (χ3v) is 5.33. The lowest BCUT2D eigenvalue weighted by Gasteiger charge is -2.58. The fourth-order valence-corrected chi connectivity index (χ4v) is 3.53. The number of anilines is 1. The minimum absolute atomic E-state index is 0.0757. The normalized spacial score (nSPS) is 26.0. The fourth-order valence-electron chi connectivity index (χ4n) is 3.53. The van der Waals surface area contributed by atoms with Crippen molar-refractivity contribution in [2.75, 3.05) is 18.5 Å². The Labute approximate surface area is 150 Å². The Morgan fingerprint density at radius 2 is 2.15 bits per heavy atom. The first-order chi connectivity index (χ1) is 12.2. The molecule has 140 valence electrons. The minimum atomic E-state index is -1.42. The van der Waals surface area contributed by atoms with Crippen LogP contribution in [-0.4, -0.2) is 47.7 Å². The number of amides is 2. The summed E-state index contributed by atoms with van der Waals surface area (Å²) in [7, 11) is 0. The number of carboxylic acids is 1. The molecule has 2 unspecified atom stereocenters. The number of rotatable bonds is 5. The number of benzene rings is 1. The number of hydrogen-bond donors (Lipinski definition) is 3. The van der Waals surface area contributed by atoms with Crippen molar-refractivity contribution in [1.29, 1.82) is 0 Å². The molecule has 1 aliphatic carbocycles. The molecule has 1 saturated carbocycles. The third-order valence-electron chi connectivity index (χ3n) is 5.33. The van der Waals surface area contributed by atoms with Gasteiger partial charge in [0.25, 0.3) is 11.8 Å². The Hall–Kier alpha value is -2.61. The van der Waals surface area contributed by atoms with E-state index in [-0.39, 0.29) is 30.6 Å². The van der Waals surface area contributed by atoms with Crippen LogP contribution in [0.4, 0.5) is 5.69 Å². The molecule has 3 N–H and O–H groups in total.